The van der Waals surface area contributed by atoms with Crippen molar-refractivity contribution in [2.45, 2.75) is 51.9 Å². The minimum atomic E-state index is -1.01. The molecule has 0 aliphatic carbocycles. The summed E-state index contributed by atoms with van der Waals surface area (Å²) in [5.74, 6) is 0. The molecule has 1 rings (SSSR count). The van der Waals surface area contributed by atoms with Crippen LogP contribution in [0.2, 0.25) is 0 Å². The van der Waals surface area contributed by atoms with E-state index < -0.39 is 11.2 Å². The Morgan fingerprint density at radius 1 is 1.24 bits per heavy atom. The van der Waals surface area contributed by atoms with Crippen molar-refractivity contribution < 1.29 is 15.3 Å². The molecule has 5 nitrogen and oxygen atoms in total. The molecular weight excluding hydrogens is 220 g/mol. The highest BCUT2D eigenvalue weighted by molar-refractivity contribution is 5.17. The molecule has 3 N–H and O–H groups in total. The Bertz CT molecular complexity index is 372. The van der Waals surface area contributed by atoms with E-state index in [1.165, 1.54) is 0 Å². The fourth-order valence-corrected chi connectivity index (χ4v) is 1.76. The zero-order chi connectivity index (χ0) is 13.3. The van der Waals surface area contributed by atoms with Crippen LogP contribution >= 0.6 is 0 Å². The normalized spacial score (nSPS) is 13.1. The van der Waals surface area contributed by atoms with Crippen LogP contribution in [0, 0.1) is 0 Å². The lowest BCUT2D eigenvalue weighted by Crippen LogP contribution is -2.22. The summed E-state index contributed by atoms with van der Waals surface area (Å²) in [6.07, 6.45) is 0.411. The summed E-state index contributed by atoms with van der Waals surface area (Å²) in [5, 5.41) is 33.0. The van der Waals surface area contributed by atoms with Crippen molar-refractivity contribution in [1.82, 2.24) is 9.78 Å². The van der Waals surface area contributed by atoms with Gasteiger partial charge in [0.05, 0.1) is 30.1 Å². The molecular formula is C12H22N2O3. The Kier molecular flexibility index (Phi) is 3.96. The first-order valence-corrected chi connectivity index (χ1v) is 5.76. The lowest BCUT2D eigenvalue weighted by molar-refractivity contribution is 0.0670. The van der Waals surface area contributed by atoms with Crippen molar-refractivity contribution in [3.63, 3.8) is 0 Å². The van der Waals surface area contributed by atoms with Gasteiger partial charge in [0, 0.05) is 6.42 Å². The standard InChI is InChI=1S/C12H22N2O3/c1-11(2,16)8-9-7-10(12(3,4)17)14(13-9)5-6-15/h7,15-17H,5-6,8H2,1-4H3. The quantitative estimate of drug-likeness (QED) is 0.699. The molecule has 0 bridgehead atoms. The molecule has 5 heteroatoms. The van der Waals surface area contributed by atoms with Gasteiger partial charge in [0.25, 0.3) is 0 Å². The molecule has 0 atom stereocenters. The molecule has 17 heavy (non-hydrogen) atoms. The number of aromatic nitrogens is 2. The first-order valence-electron chi connectivity index (χ1n) is 5.76. The first kappa shape index (κ1) is 14.2. The Hall–Kier alpha value is -0.910. The maximum atomic E-state index is 10.0. The summed E-state index contributed by atoms with van der Waals surface area (Å²) >= 11 is 0. The van der Waals surface area contributed by atoms with Crippen LogP contribution in [0.1, 0.15) is 39.1 Å². The predicted molar refractivity (Wildman–Crippen MR) is 64.6 cm³/mol. The predicted octanol–water partition coefficient (Wildman–Crippen LogP) is 0.416. The van der Waals surface area contributed by atoms with E-state index in [-0.39, 0.29) is 6.61 Å². The van der Waals surface area contributed by atoms with E-state index in [2.05, 4.69) is 5.10 Å². The summed E-state index contributed by atoms with van der Waals surface area (Å²) in [7, 11) is 0. The molecule has 0 unspecified atom stereocenters. The van der Waals surface area contributed by atoms with Gasteiger partial charge < -0.3 is 15.3 Å². The second kappa shape index (κ2) is 4.76. The van der Waals surface area contributed by atoms with E-state index in [9.17, 15) is 10.2 Å². The number of aliphatic hydroxyl groups is 3. The molecule has 0 saturated carbocycles. The summed E-state index contributed by atoms with van der Waals surface area (Å²) in [5.41, 5.74) is -0.496. The zero-order valence-electron chi connectivity index (χ0n) is 10.9. The smallest absolute Gasteiger partial charge is 0.101 e. The minimum Gasteiger partial charge on any atom is -0.394 e. The second-order valence-corrected chi connectivity index (χ2v) is 5.52. The lowest BCUT2D eigenvalue weighted by Gasteiger charge is -2.18. The number of hydrogen-bond donors (Lipinski definition) is 3. The molecule has 0 fully saturated rings. The molecule has 0 amide bonds. The van der Waals surface area contributed by atoms with Gasteiger partial charge in [-0.05, 0) is 33.8 Å². The summed E-state index contributed by atoms with van der Waals surface area (Å²) < 4.78 is 1.58. The molecule has 1 aromatic rings. The van der Waals surface area contributed by atoms with E-state index in [4.69, 9.17) is 5.11 Å². The number of hydrogen-bond acceptors (Lipinski definition) is 4. The van der Waals surface area contributed by atoms with E-state index in [0.717, 1.165) is 0 Å². The molecule has 1 aromatic heterocycles. The highest BCUT2D eigenvalue weighted by atomic mass is 16.3. The third kappa shape index (κ3) is 4.11. The van der Waals surface area contributed by atoms with Crippen LogP contribution in [-0.4, -0.2) is 37.3 Å². The van der Waals surface area contributed by atoms with Crippen LogP contribution in [0.25, 0.3) is 0 Å². The van der Waals surface area contributed by atoms with Gasteiger partial charge in [-0.3, -0.25) is 4.68 Å². The van der Waals surface area contributed by atoms with Gasteiger partial charge in [-0.2, -0.15) is 5.10 Å². The third-order valence-electron chi connectivity index (χ3n) is 2.38. The van der Waals surface area contributed by atoms with Crippen molar-refractivity contribution in [3.8, 4) is 0 Å². The van der Waals surface area contributed by atoms with Gasteiger partial charge in [0.15, 0.2) is 0 Å². The van der Waals surface area contributed by atoms with Crippen LogP contribution in [0.15, 0.2) is 6.07 Å². The Morgan fingerprint density at radius 2 is 1.82 bits per heavy atom. The number of nitrogens with zero attached hydrogens (tertiary/aromatic N) is 2. The van der Waals surface area contributed by atoms with Crippen molar-refractivity contribution in [2.75, 3.05) is 6.61 Å². The Balaban J connectivity index is 3.04. The summed E-state index contributed by atoms with van der Waals surface area (Å²) in [4.78, 5) is 0. The minimum absolute atomic E-state index is 0.0350. The Morgan fingerprint density at radius 3 is 2.24 bits per heavy atom. The SMILES string of the molecule is CC(C)(O)Cc1cc(C(C)(C)O)n(CCO)n1. The van der Waals surface area contributed by atoms with Crippen molar-refractivity contribution in [2.24, 2.45) is 0 Å². The highest BCUT2D eigenvalue weighted by Crippen LogP contribution is 2.22. The van der Waals surface area contributed by atoms with Gasteiger partial charge in [0.1, 0.15) is 5.60 Å². The maximum absolute atomic E-state index is 10.0. The molecule has 0 spiro atoms. The topological polar surface area (TPSA) is 78.5 Å². The van der Waals surface area contributed by atoms with E-state index >= 15 is 0 Å². The molecule has 1 heterocycles. The highest BCUT2D eigenvalue weighted by Gasteiger charge is 2.24. The van der Waals surface area contributed by atoms with E-state index in [1.807, 2.05) is 0 Å². The monoisotopic (exact) mass is 242 g/mol. The molecule has 0 aliphatic rings. The Labute approximate surface area is 102 Å². The van der Waals surface area contributed by atoms with Gasteiger partial charge >= 0.3 is 0 Å². The fraction of sp³-hybridized carbons (Fsp3) is 0.750. The van der Waals surface area contributed by atoms with Crippen molar-refractivity contribution in [1.29, 1.82) is 0 Å². The van der Waals surface area contributed by atoms with E-state index in [1.54, 1.807) is 38.4 Å². The van der Waals surface area contributed by atoms with E-state index in [0.29, 0.717) is 24.4 Å². The van der Waals surface area contributed by atoms with Crippen LogP contribution < -0.4 is 0 Å². The average molecular weight is 242 g/mol. The molecule has 98 valence electrons. The van der Waals surface area contributed by atoms with Gasteiger partial charge in [0.2, 0.25) is 0 Å². The lowest BCUT2D eigenvalue weighted by atomic mass is 10.0. The first-order chi connectivity index (χ1) is 7.63. The van der Waals surface area contributed by atoms with Crippen molar-refractivity contribution in [3.05, 3.63) is 17.5 Å². The molecule has 0 aliphatic heterocycles. The second-order valence-electron chi connectivity index (χ2n) is 5.52. The molecule has 0 saturated heterocycles. The fourth-order valence-electron chi connectivity index (χ4n) is 1.76. The van der Waals surface area contributed by atoms with Crippen molar-refractivity contribution >= 4 is 0 Å². The van der Waals surface area contributed by atoms with Crippen LogP contribution in [0.4, 0.5) is 0 Å². The molecule has 0 aromatic carbocycles. The number of rotatable bonds is 5. The maximum Gasteiger partial charge on any atom is 0.101 e. The van der Waals surface area contributed by atoms with Gasteiger partial charge in [-0.15, -0.1) is 0 Å². The summed E-state index contributed by atoms with van der Waals surface area (Å²) in [6, 6.07) is 1.77. The third-order valence-corrected chi connectivity index (χ3v) is 2.38. The van der Waals surface area contributed by atoms with Crippen LogP contribution in [0.5, 0.6) is 0 Å². The van der Waals surface area contributed by atoms with Gasteiger partial charge in [-0.25, -0.2) is 0 Å². The van der Waals surface area contributed by atoms with Gasteiger partial charge in [-0.1, -0.05) is 0 Å². The number of aliphatic hydroxyl groups excluding tert-OH is 1. The largest absolute Gasteiger partial charge is 0.394 e. The molecule has 0 radical (unpaired) electrons. The zero-order valence-corrected chi connectivity index (χ0v) is 10.9. The summed E-state index contributed by atoms with van der Waals surface area (Å²) in [6.45, 7) is 7.07. The average Bonchev–Trinajstić information content (AvgIpc) is 2.44. The van der Waals surface area contributed by atoms with Crippen LogP contribution in [0.3, 0.4) is 0 Å². The van der Waals surface area contributed by atoms with Crippen LogP contribution in [-0.2, 0) is 18.6 Å².